The van der Waals surface area contributed by atoms with Crippen LogP contribution in [-0.4, -0.2) is 28.5 Å². The molecule has 0 unspecified atom stereocenters. The van der Waals surface area contributed by atoms with Gasteiger partial charge in [-0.3, -0.25) is 9.59 Å². The lowest BCUT2D eigenvalue weighted by molar-refractivity contribution is -0.122. The van der Waals surface area contributed by atoms with Gasteiger partial charge in [-0.15, -0.1) is 0 Å². The number of nitrogens with zero attached hydrogens (tertiary/aromatic N) is 3. The van der Waals surface area contributed by atoms with Crippen LogP contribution in [0.5, 0.6) is 0 Å². The number of aryl methyl sites for hydroxylation is 2. The third kappa shape index (κ3) is 3.64. The molecular formula is C21H20N4O3. The van der Waals surface area contributed by atoms with Gasteiger partial charge in [-0.05, 0) is 44.2 Å². The molecule has 2 aromatic carbocycles. The topological polar surface area (TPSA) is 88.3 Å². The molecule has 28 heavy (non-hydrogen) atoms. The Kier molecular flexibility index (Phi) is 4.65. The maximum Gasteiger partial charge on any atom is 0.257 e. The number of hydrogen-bond acceptors (Lipinski definition) is 5. The fraction of sp³-hybridized carbons (Fsp3) is 0.238. The molecule has 3 aromatic rings. The number of anilines is 2. The number of carbonyl (C=O) groups excluding carboxylic acids is 2. The molecular weight excluding hydrogens is 356 g/mol. The monoisotopic (exact) mass is 376 g/mol. The second-order valence-corrected chi connectivity index (χ2v) is 6.96. The molecule has 142 valence electrons. The van der Waals surface area contributed by atoms with E-state index in [0.717, 1.165) is 16.8 Å². The summed E-state index contributed by atoms with van der Waals surface area (Å²) in [7, 11) is 0. The van der Waals surface area contributed by atoms with Crippen LogP contribution in [-0.2, 0) is 9.59 Å². The molecule has 4 rings (SSSR count). The van der Waals surface area contributed by atoms with Crippen molar-refractivity contribution in [3.63, 3.8) is 0 Å². The van der Waals surface area contributed by atoms with Gasteiger partial charge in [-0.25, -0.2) is 0 Å². The van der Waals surface area contributed by atoms with Crippen molar-refractivity contribution < 1.29 is 14.1 Å². The summed E-state index contributed by atoms with van der Waals surface area (Å²) in [6.45, 7) is 4.11. The zero-order chi connectivity index (χ0) is 19.7. The predicted molar refractivity (Wildman–Crippen MR) is 105 cm³/mol. The summed E-state index contributed by atoms with van der Waals surface area (Å²) < 4.78 is 5.17. The number of amides is 2. The second-order valence-electron chi connectivity index (χ2n) is 6.96. The molecule has 1 N–H and O–H groups in total. The quantitative estimate of drug-likeness (QED) is 0.754. The maximum atomic E-state index is 12.7. The minimum absolute atomic E-state index is 0.0425. The summed E-state index contributed by atoms with van der Waals surface area (Å²) in [5.74, 6) is 0.323. The van der Waals surface area contributed by atoms with E-state index >= 15 is 0 Å². The number of hydrogen-bond donors (Lipinski definition) is 1. The summed E-state index contributed by atoms with van der Waals surface area (Å²) in [6.07, 6.45) is 0.197. The van der Waals surface area contributed by atoms with E-state index in [1.807, 2.05) is 43.3 Å². The third-order valence-corrected chi connectivity index (χ3v) is 4.75. The zero-order valence-electron chi connectivity index (χ0n) is 15.7. The van der Waals surface area contributed by atoms with Crippen molar-refractivity contribution in [1.82, 2.24) is 10.1 Å². The molecule has 1 saturated heterocycles. The molecule has 1 aliphatic rings. The number of nitrogens with one attached hydrogen (secondary N) is 1. The number of benzene rings is 2. The molecule has 0 radical (unpaired) electrons. The van der Waals surface area contributed by atoms with Crippen LogP contribution in [0.1, 0.15) is 17.8 Å². The van der Waals surface area contributed by atoms with Crippen molar-refractivity contribution in [2.45, 2.75) is 20.3 Å². The smallest absolute Gasteiger partial charge is 0.257 e. The van der Waals surface area contributed by atoms with Gasteiger partial charge < -0.3 is 14.7 Å². The molecule has 7 nitrogen and oxygen atoms in total. The average molecular weight is 376 g/mol. The number of aromatic nitrogens is 2. The van der Waals surface area contributed by atoms with E-state index in [2.05, 4.69) is 15.5 Å². The standard InChI is InChI=1S/C21H20N4O3/c1-13-6-8-18(9-7-13)25-12-16(11-19(25)26)20(27)23-17-5-3-4-15(10-17)21-22-14(2)24-28-21/h3-10,16H,11-12H2,1-2H3,(H,23,27)/t16-/m0/s1. The first-order valence-electron chi connectivity index (χ1n) is 9.08. The van der Waals surface area contributed by atoms with Crippen molar-refractivity contribution >= 4 is 23.2 Å². The molecule has 0 saturated carbocycles. The summed E-state index contributed by atoms with van der Waals surface area (Å²) in [4.78, 5) is 31.0. The predicted octanol–water partition coefficient (Wildman–Crippen LogP) is 3.35. The van der Waals surface area contributed by atoms with Gasteiger partial charge in [-0.2, -0.15) is 4.98 Å². The molecule has 2 heterocycles. The van der Waals surface area contributed by atoms with Crippen LogP contribution in [0, 0.1) is 19.8 Å². The summed E-state index contributed by atoms with van der Waals surface area (Å²) in [5, 5.41) is 6.68. The summed E-state index contributed by atoms with van der Waals surface area (Å²) >= 11 is 0. The lowest BCUT2D eigenvalue weighted by Crippen LogP contribution is -2.28. The van der Waals surface area contributed by atoms with Crippen molar-refractivity contribution in [1.29, 1.82) is 0 Å². The Hall–Kier alpha value is -3.48. The van der Waals surface area contributed by atoms with E-state index in [1.165, 1.54) is 0 Å². The van der Waals surface area contributed by atoms with Gasteiger partial charge in [0.1, 0.15) is 0 Å². The molecule has 1 atom stereocenters. The lowest BCUT2D eigenvalue weighted by Gasteiger charge is -2.17. The van der Waals surface area contributed by atoms with E-state index in [0.29, 0.717) is 23.9 Å². The average Bonchev–Trinajstić information content (AvgIpc) is 3.29. The fourth-order valence-electron chi connectivity index (χ4n) is 3.25. The van der Waals surface area contributed by atoms with Crippen LogP contribution in [0.2, 0.25) is 0 Å². The fourth-order valence-corrected chi connectivity index (χ4v) is 3.25. The molecule has 7 heteroatoms. The highest BCUT2D eigenvalue weighted by Crippen LogP contribution is 2.27. The Bertz CT molecular complexity index is 1030. The van der Waals surface area contributed by atoms with E-state index in [1.54, 1.807) is 24.0 Å². The van der Waals surface area contributed by atoms with Gasteiger partial charge in [0.15, 0.2) is 5.82 Å². The number of rotatable bonds is 4. The minimum Gasteiger partial charge on any atom is -0.334 e. The first-order valence-corrected chi connectivity index (χ1v) is 9.08. The van der Waals surface area contributed by atoms with Crippen molar-refractivity contribution in [2.24, 2.45) is 5.92 Å². The summed E-state index contributed by atoms with van der Waals surface area (Å²) in [6, 6.07) is 14.9. The van der Waals surface area contributed by atoms with E-state index in [4.69, 9.17) is 4.52 Å². The summed E-state index contributed by atoms with van der Waals surface area (Å²) in [5.41, 5.74) is 3.29. The molecule has 1 fully saturated rings. The molecule has 1 aromatic heterocycles. The second kappa shape index (κ2) is 7.26. The molecule has 0 spiro atoms. The van der Waals surface area contributed by atoms with Crippen molar-refractivity contribution in [3.05, 3.63) is 59.9 Å². The van der Waals surface area contributed by atoms with Gasteiger partial charge in [0, 0.05) is 29.9 Å². The van der Waals surface area contributed by atoms with Gasteiger partial charge >= 0.3 is 0 Å². The highest BCUT2D eigenvalue weighted by Gasteiger charge is 2.35. The Labute approximate surface area is 162 Å². The first kappa shape index (κ1) is 17.9. The Morgan fingerprint density at radius 1 is 1.18 bits per heavy atom. The van der Waals surface area contributed by atoms with Crippen LogP contribution in [0.25, 0.3) is 11.5 Å². The van der Waals surface area contributed by atoms with Crippen LogP contribution in [0.3, 0.4) is 0 Å². The number of carbonyl (C=O) groups is 2. The van der Waals surface area contributed by atoms with Gasteiger partial charge in [-0.1, -0.05) is 28.9 Å². The SMILES string of the molecule is Cc1ccc(N2C[C@@H](C(=O)Nc3cccc(-c4nc(C)no4)c3)CC2=O)cc1. The molecule has 0 aliphatic carbocycles. The maximum absolute atomic E-state index is 12.7. The first-order chi connectivity index (χ1) is 13.5. The minimum atomic E-state index is -0.400. The van der Waals surface area contributed by atoms with E-state index < -0.39 is 5.92 Å². The van der Waals surface area contributed by atoms with Crippen LogP contribution >= 0.6 is 0 Å². The van der Waals surface area contributed by atoms with Crippen molar-refractivity contribution in [2.75, 3.05) is 16.8 Å². The van der Waals surface area contributed by atoms with Gasteiger partial charge in [0.2, 0.25) is 11.8 Å². The van der Waals surface area contributed by atoms with Crippen LogP contribution in [0.4, 0.5) is 11.4 Å². The Balaban J connectivity index is 1.46. The Morgan fingerprint density at radius 3 is 2.68 bits per heavy atom. The third-order valence-electron chi connectivity index (χ3n) is 4.75. The highest BCUT2D eigenvalue weighted by atomic mass is 16.5. The molecule has 2 amide bonds. The highest BCUT2D eigenvalue weighted by molar-refractivity contribution is 6.03. The van der Waals surface area contributed by atoms with E-state index in [9.17, 15) is 9.59 Å². The largest absolute Gasteiger partial charge is 0.334 e. The normalized spacial score (nSPS) is 16.4. The van der Waals surface area contributed by atoms with E-state index in [-0.39, 0.29) is 18.2 Å². The lowest BCUT2D eigenvalue weighted by atomic mass is 10.1. The molecule has 0 bridgehead atoms. The van der Waals surface area contributed by atoms with Crippen molar-refractivity contribution in [3.8, 4) is 11.5 Å². The van der Waals surface area contributed by atoms with Crippen LogP contribution < -0.4 is 10.2 Å². The van der Waals surface area contributed by atoms with Gasteiger partial charge in [0.25, 0.3) is 5.89 Å². The Morgan fingerprint density at radius 2 is 1.96 bits per heavy atom. The van der Waals surface area contributed by atoms with Gasteiger partial charge in [0.05, 0.1) is 5.92 Å². The molecule has 1 aliphatic heterocycles. The van der Waals surface area contributed by atoms with Crippen LogP contribution in [0.15, 0.2) is 53.1 Å². The zero-order valence-corrected chi connectivity index (χ0v) is 15.7.